The third-order valence-corrected chi connectivity index (χ3v) is 6.06. The van der Waals surface area contributed by atoms with Crippen LogP contribution in [-0.2, 0) is 6.18 Å². The molecule has 2 aromatic rings. The molecule has 3 heterocycles. The average Bonchev–Trinajstić information content (AvgIpc) is 3.52. The Morgan fingerprint density at radius 2 is 1.97 bits per heavy atom. The summed E-state index contributed by atoms with van der Waals surface area (Å²) >= 11 is 0. The maximum absolute atomic E-state index is 13.3. The highest BCUT2D eigenvalue weighted by atomic mass is 19.4. The standard InChI is InChI=1S/C21H21F3N4O/c22-21(23,24)14-4-1-3-13(9-14)18-16(12-6-7-12)10-17-19(26-18)28(20(25)29)15-5-2-8-27(17)11-15/h1,3-4,9-10,12,15H,2,5-8,11H2,(H2,25,29). The van der Waals surface area contributed by atoms with Gasteiger partial charge < -0.3 is 10.6 Å². The molecule has 1 saturated carbocycles. The summed E-state index contributed by atoms with van der Waals surface area (Å²) in [6.07, 6.45) is -0.638. The molecule has 0 radical (unpaired) electrons. The number of amides is 2. The molecule has 2 bridgehead atoms. The Morgan fingerprint density at radius 3 is 2.66 bits per heavy atom. The predicted octanol–water partition coefficient (Wildman–Crippen LogP) is 4.51. The van der Waals surface area contributed by atoms with Gasteiger partial charge in [0.2, 0.25) is 0 Å². The fraction of sp³-hybridized carbons (Fsp3) is 0.429. The molecule has 0 spiro atoms. The molecular weight excluding hydrogens is 381 g/mol. The smallest absolute Gasteiger partial charge is 0.366 e. The van der Waals surface area contributed by atoms with Gasteiger partial charge in [0.25, 0.3) is 0 Å². The number of fused-ring (bicyclic) bond motifs is 4. The summed E-state index contributed by atoms with van der Waals surface area (Å²) in [5.41, 5.74) is 7.72. The van der Waals surface area contributed by atoms with Gasteiger partial charge >= 0.3 is 12.2 Å². The summed E-state index contributed by atoms with van der Waals surface area (Å²) in [6.45, 7) is 1.59. The summed E-state index contributed by atoms with van der Waals surface area (Å²) in [7, 11) is 0. The molecule has 2 amide bonds. The first-order chi connectivity index (χ1) is 13.8. The van der Waals surface area contributed by atoms with Gasteiger partial charge in [0.1, 0.15) is 0 Å². The third kappa shape index (κ3) is 3.10. The van der Waals surface area contributed by atoms with Gasteiger partial charge in [0.05, 0.1) is 23.0 Å². The number of rotatable bonds is 2. The van der Waals surface area contributed by atoms with Crippen molar-refractivity contribution in [3.63, 3.8) is 0 Å². The molecule has 8 heteroatoms. The van der Waals surface area contributed by atoms with Crippen molar-refractivity contribution in [2.75, 3.05) is 22.9 Å². The minimum Gasteiger partial charge on any atom is -0.366 e. The van der Waals surface area contributed by atoms with Crippen molar-refractivity contribution < 1.29 is 18.0 Å². The first-order valence-electron chi connectivity index (χ1n) is 9.89. The molecule has 2 aliphatic heterocycles. The summed E-state index contributed by atoms with van der Waals surface area (Å²) < 4.78 is 39.8. The Morgan fingerprint density at radius 1 is 1.17 bits per heavy atom. The number of primary amides is 1. The van der Waals surface area contributed by atoms with Crippen LogP contribution in [0.3, 0.4) is 0 Å². The van der Waals surface area contributed by atoms with E-state index in [-0.39, 0.29) is 6.04 Å². The zero-order valence-electron chi connectivity index (χ0n) is 15.7. The number of halogens is 3. The molecule has 5 nitrogen and oxygen atoms in total. The molecule has 1 atom stereocenters. The molecular formula is C21H21F3N4O. The number of hydrogen-bond donors (Lipinski definition) is 1. The maximum atomic E-state index is 13.3. The number of pyridine rings is 1. The van der Waals surface area contributed by atoms with Gasteiger partial charge in [-0.05, 0) is 55.4 Å². The molecule has 1 aromatic carbocycles. The number of aromatic nitrogens is 1. The predicted molar refractivity (Wildman–Crippen MR) is 104 cm³/mol. The zero-order chi connectivity index (χ0) is 20.3. The molecule has 1 aliphatic carbocycles. The third-order valence-electron chi connectivity index (χ3n) is 6.06. The summed E-state index contributed by atoms with van der Waals surface area (Å²) in [4.78, 5) is 20.7. The van der Waals surface area contributed by atoms with E-state index >= 15 is 0 Å². The number of nitrogens with two attached hydrogens (primary N) is 1. The van der Waals surface area contributed by atoms with Crippen LogP contribution in [0.4, 0.5) is 29.5 Å². The second-order valence-electron chi connectivity index (χ2n) is 8.07. The minimum atomic E-state index is -4.42. The maximum Gasteiger partial charge on any atom is 0.416 e. The number of carbonyl (C=O) groups is 1. The molecule has 1 saturated heterocycles. The molecule has 5 rings (SSSR count). The lowest BCUT2D eigenvalue weighted by Crippen LogP contribution is -2.56. The van der Waals surface area contributed by atoms with Crippen molar-refractivity contribution in [3.05, 3.63) is 41.5 Å². The molecule has 152 valence electrons. The number of piperidine rings is 1. The fourth-order valence-electron chi connectivity index (χ4n) is 4.54. The number of alkyl halides is 3. The normalized spacial score (nSPS) is 21.1. The van der Waals surface area contributed by atoms with E-state index in [1.165, 1.54) is 11.0 Å². The van der Waals surface area contributed by atoms with Gasteiger partial charge in [-0.25, -0.2) is 9.78 Å². The monoisotopic (exact) mass is 402 g/mol. The van der Waals surface area contributed by atoms with Crippen molar-refractivity contribution in [3.8, 4) is 11.3 Å². The summed E-state index contributed by atoms with van der Waals surface area (Å²) in [5, 5.41) is 0. The lowest BCUT2D eigenvalue weighted by atomic mass is 9.96. The Balaban J connectivity index is 1.70. The van der Waals surface area contributed by atoms with Crippen LogP contribution in [0.1, 0.15) is 42.7 Å². The molecule has 1 aromatic heterocycles. The molecule has 2 N–H and O–H groups in total. The second kappa shape index (κ2) is 6.37. The highest BCUT2D eigenvalue weighted by molar-refractivity contribution is 5.96. The van der Waals surface area contributed by atoms with Crippen LogP contribution in [0.5, 0.6) is 0 Å². The van der Waals surface area contributed by atoms with Crippen molar-refractivity contribution in [1.29, 1.82) is 0 Å². The van der Waals surface area contributed by atoms with E-state index in [0.29, 0.717) is 29.5 Å². The van der Waals surface area contributed by atoms with Crippen LogP contribution < -0.4 is 15.5 Å². The van der Waals surface area contributed by atoms with Gasteiger partial charge in [-0.2, -0.15) is 13.2 Å². The van der Waals surface area contributed by atoms with Crippen molar-refractivity contribution in [1.82, 2.24) is 4.98 Å². The van der Waals surface area contributed by atoms with E-state index in [1.807, 2.05) is 6.07 Å². The largest absolute Gasteiger partial charge is 0.416 e. The van der Waals surface area contributed by atoms with E-state index in [1.54, 1.807) is 6.07 Å². The zero-order valence-corrected chi connectivity index (χ0v) is 15.7. The van der Waals surface area contributed by atoms with Gasteiger partial charge in [-0.3, -0.25) is 4.90 Å². The van der Waals surface area contributed by atoms with Crippen molar-refractivity contribution >= 4 is 17.5 Å². The lowest BCUT2D eigenvalue weighted by Gasteiger charge is -2.45. The van der Waals surface area contributed by atoms with E-state index in [0.717, 1.165) is 55.6 Å². The summed E-state index contributed by atoms with van der Waals surface area (Å²) in [5.74, 6) is 0.757. The second-order valence-corrected chi connectivity index (χ2v) is 8.07. The highest BCUT2D eigenvalue weighted by Crippen LogP contribution is 2.49. The Kier molecular flexibility index (Phi) is 4.01. The Hall–Kier alpha value is -2.77. The average molecular weight is 402 g/mol. The topological polar surface area (TPSA) is 62.5 Å². The number of carbonyl (C=O) groups excluding carboxylic acids is 1. The van der Waals surface area contributed by atoms with Crippen LogP contribution >= 0.6 is 0 Å². The number of anilines is 2. The van der Waals surface area contributed by atoms with Crippen LogP contribution in [0.15, 0.2) is 30.3 Å². The number of hydrogen-bond acceptors (Lipinski definition) is 3. The van der Waals surface area contributed by atoms with Gasteiger partial charge in [-0.1, -0.05) is 12.1 Å². The molecule has 1 unspecified atom stereocenters. The first-order valence-corrected chi connectivity index (χ1v) is 9.89. The SMILES string of the molecule is NC(=O)N1c2nc(-c3cccc(C(F)(F)F)c3)c(C3CC3)cc2N2CCCC1C2. The van der Waals surface area contributed by atoms with E-state index < -0.39 is 17.8 Å². The van der Waals surface area contributed by atoms with Gasteiger partial charge in [0.15, 0.2) is 5.82 Å². The van der Waals surface area contributed by atoms with Crippen molar-refractivity contribution in [2.45, 2.75) is 43.8 Å². The number of benzene rings is 1. The van der Waals surface area contributed by atoms with Crippen LogP contribution in [-0.4, -0.2) is 30.1 Å². The summed E-state index contributed by atoms with van der Waals surface area (Å²) in [6, 6.07) is 6.65. The highest BCUT2D eigenvalue weighted by Gasteiger charge is 2.40. The molecule has 29 heavy (non-hydrogen) atoms. The fourth-order valence-corrected chi connectivity index (χ4v) is 4.54. The lowest BCUT2D eigenvalue weighted by molar-refractivity contribution is -0.137. The van der Waals surface area contributed by atoms with Crippen LogP contribution in [0.25, 0.3) is 11.3 Å². The van der Waals surface area contributed by atoms with E-state index in [2.05, 4.69) is 4.90 Å². The minimum absolute atomic E-state index is 0.0533. The van der Waals surface area contributed by atoms with E-state index in [9.17, 15) is 18.0 Å². The first kappa shape index (κ1) is 18.3. The van der Waals surface area contributed by atoms with Gasteiger partial charge in [-0.15, -0.1) is 0 Å². The Labute approximate surface area is 166 Å². The number of urea groups is 1. The van der Waals surface area contributed by atoms with Crippen molar-refractivity contribution in [2.24, 2.45) is 5.73 Å². The van der Waals surface area contributed by atoms with Gasteiger partial charge in [0, 0.05) is 18.7 Å². The van der Waals surface area contributed by atoms with Crippen LogP contribution in [0.2, 0.25) is 0 Å². The van der Waals surface area contributed by atoms with E-state index in [4.69, 9.17) is 10.7 Å². The van der Waals surface area contributed by atoms with Crippen LogP contribution in [0, 0.1) is 0 Å². The number of nitrogens with zero attached hydrogens (tertiary/aromatic N) is 3. The molecule has 3 aliphatic rings. The quantitative estimate of drug-likeness (QED) is 0.804. The Bertz CT molecular complexity index is 986. The molecule has 2 fully saturated rings.